The van der Waals surface area contributed by atoms with Crippen LogP contribution in [0.5, 0.6) is 0 Å². The molecule has 0 aliphatic carbocycles. The Morgan fingerprint density at radius 2 is 2.20 bits per heavy atom. The molecule has 5 heteroatoms. The minimum Gasteiger partial charge on any atom is -0.396 e. The van der Waals surface area contributed by atoms with Crippen molar-refractivity contribution in [1.29, 1.82) is 5.26 Å². The number of hydrogen-bond acceptors (Lipinski definition) is 5. The van der Waals surface area contributed by atoms with E-state index >= 15 is 0 Å². The first-order valence-corrected chi connectivity index (χ1v) is 8.13. The fraction of sp³-hybridized carbons (Fsp3) is 0.933. The number of ether oxygens (including phenoxy) is 1. The van der Waals surface area contributed by atoms with Crippen molar-refractivity contribution in [3.63, 3.8) is 0 Å². The minimum absolute atomic E-state index is 0.179. The lowest BCUT2D eigenvalue weighted by atomic mass is 9.81. The number of nitrogens with zero attached hydrogens (tertiary/aromatic N) is 1. The largest absolute Gasteiger partial charge is 0.396 e. The normalized spacial score (nSPS) is 30.7. The molecule has 1 rings (SSSR count). The van der Waals surface area contributed by atoms with Gasteiger partial charge in [0.2, 0.25) is 0 Å². The average molecular weight is 301 g/mol. The van der Waals surface area contributed by atoms with Crippen LogP contribution < -0.4 is 0 Å². The molecule has 0 spiro atoms. The smallest absolute Gasteiger partial charge is 0.156 e. The van der Waals surface area contributed by atoms with Gasteiger partial charge in [-0.1, -0.05) is 20.3 Å². The highest BCUT2D eigenvalue weighted by Gasteiger charge is 2.36. The van der Waals surface area contributed by atoms with Crippen LogP contribution in [-0.4, -0.2) is 35.0 Å². The molecule has 6 unspecified atom stereocenters. The van der Waals surface area contributed by atoms with E-state index in [0.29, 0.717) is 24.2 Å². The molecule has 6 atom stereocenters. The molecule has 0 aromatic rings. The summed E-state index contributed by atoms with van der Waals surface area (Å²) in [5.41, 5.74) is 0. The van der Waals surface area contributed by atoms with Crippen LogP contribution in [-0.2, 0) is 4.74 Å². The fourth-order valence-corrected chi connectivity index (χ4v) is 3.43. The minimum atomic E-state index is -0.799. The summed E-state index contributed by atoms with van der Waals surface area (Å²) in [5, 5.41) is 27.9. The molecule has 1 aliphatic rings. The number of aliphatic hydroxyl groups is 2. The van der Waals surface area contributed by atoms with Crippen molar-refractivity contribution in [3.05, 3.63) is 0 Å². The summed E-state index contributed by atoms with van der Waals surface area (Å²) in [4.78, 5) is 0. The maximum absolute atomic E-state index is 9.51. The SMILES string of the molecule is CCC(CO)CC(CS)C(C)CC1OC(O)CC1C#N. The number of nitriles is 1. The molecule has 1 aliphatic heterocycles. The molecule has 0 aromatic heterocycles. The van der Waals surface area contributed by atoms with Crippen LogP contribution in [0.1, 0.15) is 39.5 Å². The highest BCUT2D eigenvalue weighted by molar-refractivity contribution is 7.80. The third kappa shape index (κ3) is 4.92. The summed E-state index contributed by atoms with van der Waals surface area (Å²) in [6, 6.07) is 2.23. The van der Waals surface area contributed by atoms with Crippen molar-refractivity contribution in [2.24, 2.45) is 23.7 Å². The molecule has 1 saturated heterocycles. The zero-order chi connectivity index (χ0) is 15.1. The van der Waals surface area contributed by atoms with E-state index in [1.165, 1.54) is 0 Å². The molecular weight excluding hydrogens is 274 g/mol. The van der Waals surface area contributed by atoms with Crippen molar-refractivity contribution in [2.45, 2.75) is 51.9 Å². The highest BCUT2D eigenvalue weighted by Crippen LogP contribution is 2.33. The second kappa shape index (κ2) is 8.89. The maximum Gasteiger partial charge on any atom is 0.156 e. The van der Waals surface area contributed by atoms with Crippen molar-refractivity contribution in [2.75, 3.05) is 12.4 Å². The van der Waals surface area contributed by atoms with Gasteiger partial charge in [0.25, 0.3) is 0 Å². The Kier molecular flexibility index (Phi) is 7.90. The van der Waals surface area contributed by atoms with Crippen molar-refractivity contribution in [1.82, 2.24) is 0 Å². The summed E-state index contributed by atoms with van der Waals surface area (Å²) < 4.78 is 5.45. The predicted molar refractivity (Wildman–Crippen MR) is 81.2 cm³/mol. The van der Waals surface area contributed by atoms with Gasteiger partial charge in [-0.15, -0.1) is 0 Å². The summed E-state index contributed by atoms with van der Waals surface area (Å²) in [5.74, 6) is 1.63. The van der Waals surface area contributed by atoms with E-state index in [1.807, 2.05) is 0 Å². The van der Waals surface area contributed by atoms with Crippen LogP contribution in [0.4, 0.5) is 0 Å². The average Bonchev–Trinajstić information content (AvgIpc) is 2.80. The summed E-state index contributed by atoms with van der Waals surface area (Å²) >= 11 is 4.43. The molecule has 0 radical (unpaired) electrons. The first kappa shape index (κ1) is 17.8. The van der Waals surface area contributed by atoms with Crippen molar-refractivity contribution in [3.8, 4) is 6.07 Å². The standard InChI is InChI=1S/C15H27NO3S/c1-3-11(8-17)5-13(9-20)10(2)4-14-12(7-16)6-15(18)19-14/h10-15,17-18,20H,3-6,8-9H2,1-2H3. The molecule has 1 heterocycles. The van der Waals surface area contributed by atoms with E-state index in [2.05, 4.69) is 32.5 Å². The number of hydrogen-bond donors (Lipinski definition) is 3. The topological polar surface area (TPSA) is 73.5 Å². The third-order valence-corrected chi connectivity index (χ3v) is 4.99. The van der Waals surface area contributed by atoms with Gasteiger partial charge in [-0.2, -0.15) is 17.9 Å². The Labute approximate surface area is 127 Å². The summed E-state index contributed by atoms with van der Waals surface area (Å²) in [6.45, 7) is 4.45. The number of aliphatic hydroxyl groups excluding tert-OH is 2. The van der Waals surface area contributed by atoms with E-state index in [-0.39, 0.29) is 18.6 Å². The second-order valence-corrected chi connectivity index (χ2v) is 6.31. The molecule has 0 bridgehead atoms. The van der Waals surface area contributed by atoms with Gasteiger partial charge in [-0.3, -0.25) is 0 Å². The van der Waals surface area contributed by atoms with Crippen molar-refractivity contribution >= 4 is 12.6 Å². The molecule has 0 saturated carbocycles. The van der Waals surface area contributed by atoms with E-state index < -0.39 is 6.29 Å². The zero-order valence-electron chi connectivity index (χ0n) is 12.4. The fourth-order valence-electron chi connectivity index (χ4n) is 2.92. The van der Waals surface area contributed by atoms with Crippen LogP contribution in [0.2, 0.25) is 0 Å². The molecule has 4 nitrogen and oxygen atoms in total. The van der Waals surface area contributed by atoms with Gasteiger partial charge < -0.3 is 14.9 Å². The molecule has 2 N–H and O–H groups in total. The lowest BCUT2D eigenvalue weighted by molar-refractivity contribution is -0.0971. The molecular formula is C15H27NO3S. The van der Waals surface area contributed by atoms with Gasteiger partial charge in [-0.25, -0.2) is 0 Å². The Morgan fingerprint density at radius 1 is 1.50 bits per heavy atom. The highest BCUT2D eigenvalue weighted by atomic mass is 32.1. The van der Waals surface area contributed by atoms with Crippen LogP contribution in [0.25, 0.3) is 0 Å². The van der Waals surface area contributed by atoms with Gasteiger partial charge in [0.15, 0.2) is 6.29 Å². The van der Waals surface area contributed by atoms with E-state index in [0.717, 1.165) is 25.0 Å². The summed E-state index contributed by atoms with van der Waals surface area (Å²) in [7, 11) is 0. The van der Waals surface area contributed by atoms with E-state index in [4.69, 9.17) is 10.00 Å². The Balaban J connectivity index is 2.54. The lowest BCUT2D eigenvalue weighted by Crippen LogP contribution is -2.26. The Bertz CT molecular complexity index is 317. The molecule has 0 aromatic carbocycles. The van der Waals surface area contributed by atoms with Gasteiger partial charge in [0.1, 0.15) is 0 Å². The predicted octanol–water partition coefficient (Wildman–Crippen LogP) is 2.21. The lowest BCUT2D eigenvalue weighted by Gasteiger charge is -2.28. The first-order valence-electron chi connectivity index (χ1n) is 7.50. The van der Waals surface area contributed by atoms with Crippen molar-refractivity contribution < 1.29 is 14.9 Å². The van der Waals surface area contributed by atoms with Crippen LogP contribution in [0, 0.1) is 35.0 Å². The van der Waals surface area contributed by atoms with Gasteiger partial charge >= 0.3 is 0 Å². The molecule has 0 amide bonds. The quantitative estimate of drug-likeness (QED) is 0.601. The molecule has 1 fully saturated rings. The van der Waals surface area contributed by atoms with Crippen LogP contribution >= 0.6 is 12.6 Å². The Morgan fingerprint density at radius 3 is 2.70 bits per heavy atom. The second-order valence-electron chi connectivity index (χ2n) is 5.95. The summed E-state index contributed by atoms with van der Waals surface area (Å²) in [6.07, 6.45) is 2.11. The van der Waals surface area contributed by atoms with Gasteiger partial charge in [0, 0.05) is 13.0 Å². The zero-order valence-corrected chi connectivity index (χ0v) is 13.3. The monoisotopic (exact) mass is 301 g/mol. The Hall–Kier alpha value is -0.280. The first-order chi connectivity index (χ1) is 9.55. The van der Waals surface area contributed by atoms with E-state index in [1.54, 1.807) is 0 Å². The third-order valence-electron chi connectivity index (χ3n) is 4.52. The molecule has 116 valence electrons. The van der Waals surface area contributed by atoms with Gasteiger partial charge in [-0.05, 0) is 36.3 Å². The molecule has 20 heavy (non-hydrogen) atoms. The maximum atomic E-state index is 9.51. The number of thiol groups is 1. The van der Waals surface area contributed by atoms with Gasteiger partial charge in [0.05, 0.1) is 18.1 Å². The number of rotatable bonds is 8. The van der Waals surface area contributed by atoms with E-state index in [9.17, 15) is 10.2 Å². The van der Waals surface area contributed by atoms with Crippen LogP contribution in [0.3, 0.4) is 0 Å². The van der Waals surface area contributed by atoms with Crippen LogP contribution in [0.15, 0.2) is 0 Å².